The second kappa shape index (κ2) is 6.97. The molecule has 0 aliphatic carbocycles. The van der Waals surface area contributed by atoms with Crippen molar-refractivity contribution in [2.24, 2.45) is 0 Å². The van der Waals surface area contributed by atoms with E-state index in [1.54, 1.807) is 0 Å². The number of hydrogen-bond donors (Lipinski definition) is 0. The number of aromatic nitrogens is 4. The van der Waals surface area contributed by atoms with Crippen LogP contribution in [0, 0.1) is 0 Å². The van der Waals surface area contributed by atoms with E-state index in [1.165, 1.54) is 0 Å². The van der Waals surface area contributed by atoms with E-state index in [1.807, 2.05) is 36.5 Å². The number of pyridine rings is 3. The van der Waals surface area contributed by atoms with Crippen molar-refractivity contribution in [1.82, 2.24) is 19.4 Å². The molecule has 0 N–H and O–H groups in total. The van der Waals surface area contributed by atoms with E-state index < -0.39 is 0 Å². The van der Waals surface area contributed by atoms with Gasteiger partial charge in [0.1, 0.15) is 11.2 Å². The van der Waals surface area contributed by atoms with E-state index in [4.69, 9.17) is 15.0 Å². The Kier molecular flexibility index (Phi) is 3.81. The van der Waals surface area contributed by atoms with Crippen molar-refractivity contribution in [1.29, 1.82) is 0 Å². The summed E-state index contributed by atoms with van der Waals surface area (Å²) in [7, 11) is 0. The van der Waals surface area contributed by atoms with Crippen molar-refractivity contribution in [3.63, 3.8) is 0 Å². The Morgan fingerprint density at radius 2 is 1.39 bits per heavy atom. The summed E-state index contributed by atoms with van der Waals surface area (Å²) >= 11 is 0. The van der Waals surface area contributed by atoms with E-state index in [0.717, 1.165) is 61.0 Å². The minimum atomic E-state index is 0.869. The normalized spacial score (nSPS) is 11.6. The fourth-order valence-electron chi connectivity index (χ4n) is 4.61. The third kappa shape index (κ3) is 2.81. The van der Waals surface area contributed by atoms with Gasteiger partial charge in [0.15, 0.2) is 5.65 Å². The minimum absolute atomic E-state index is 0.869. The van der Waals surface area contributed by atoms with Gasteiger partial charge in [0.25, 0.3) is 0 Å². The molecule has 0 saturated carbocycles. The Morgan fingerprint density at radius 3 is 2.36 bits per heavy atom. The minimum Gasteiger partial charge on any atom is -0.284 e. The molecule has 154 valence electrons. The highest BCUT2D eigenvalue weighted by molar-refractivity contribution is 6.09. The average molecular weight is 422 g/mol. The third-order valence-electron chi connectivity index (χ3n) is 6.19. The highest BCUT2D eigenvalue weighted by Gasteiger charge is 2.15. The lowest BCUT2D eigenvalue weighted by molar-refractivity contribution is 1.19. The molecule has 4 nitrogen and oxygen atoms in total. The Morgan fingerprint density at radius 1 is 0.576 bits per heavy atom. The number of imidazole rings is 1. The van der Waals surface area contributed by atoms with Gasteiger partial charge in [-0.25, -0.2) is 15.0 Å². The molecule has 7 rings (SSSR count). The smallest absolute Gasteiger partial charge is 0.165 e. The van der Waals surface area contributed by atoms with Gasteiger partial charge in [0.2, 0.25) is 0 Å². The summed E-state index contributed by atoms with van der Waals surface area (Å²) in [4.78, 5) is 14.9. The molecule has 0 radical (unpaired) electrons. The SMILES string of the molecule is c1cc(-c2ccc3ccccc3n2)cc(-c2nc3c(nc4ccccn43)c3ccccc23)c1. The molecule has 0 atom stereocenters. The molecule has 0 aliphatic heterocycles. The summed E-state index contributed by atoms with van der Waals surface area (Å²) in [5, 5.41) is 3.34. The second-order valence-corrected chi connectivity index (χ2v) is 8.19. The Hall–Kier alpha value is -4.57. The molecule has 3 aromatic carbocycles. The molecule has 4 aromatic heterocycles. The van der Waals surface area contributed by atoms with Crippen LogP contribution in [0.3, 0.4) is 0 Å². The van der Waals surface area contributed by atoms with Gasteiger partial charge in [-0.05, 0) is 30.3 Å². The number of para-hydroxylation sites is 1. The average Bonchev–Trinajstić information content (AvgIpc) is 3.27. The standard InChI is InChI=1S/C29H18N4/c1-4-13-24-19(8-1)15-16-25(30-24)20-9-7-10-21(18-20)27-22-11-2-3-12-23(22)28-29(32-27)33-17-6-5-14-26(33)31-28/h1-18H. The first-order valence-electron chi connectivity index (χ1n) is 11.0. The van der Waals surface area contributed by atoms with E-state index in [9.17, 15) is 0 Å². The maximum absolute atomic E-state index is 5.13. The summed E-state index contributed by atoms with van der Waals surface area (Å²) < 4.78 is 2.06. The van der Waals surface area contributed by atoms with Gasteiger partial charge in [-0.3, -0.25) is 4.40 Å². The molecular weight excluding hydrogens is 404 g/mol. The zero-order valence-corrected chi connectivity index (χ0v) is 17.7. The van der Waals surface area contributed by atoms with Crippen LogP contribution in [0.1, 0.15) is 0 Å². The molecule has 0 fully saturated rings. The van der Waals surface area contributed by atoms with Crippen molar-refractivity contribution in [2.75, 3.05) is 0 Å². The summed E-state index contributed by atoms with van der Waals surface area (Å²) in [6.07, 6.45) is 2.02. The Labute approximate surface area is 189 Å². The molecule has 0 spiro atoms. The van der Waals surface area contributed by atoms with Gasteiger partial charge < -0.3 is 0 Å². The zero-order chi connectivity index (χ0) is 21.8. The van der Waals surface area contributed by atoms with Crippen molar-refractivity contribution < 1.29 is 0 Å². The molecule has 4 heteroatoms. The van der Waals surface area contributed by atoms with Crippen LogP contribution in [0.25, 0.3) is 61.0 Å². The predicted molar refractivity (Wildman–Crippen MR) is 134 cm³/mol. The first-order valence-corrected chi connectivity index (χ1v) is 11.0. The first kappa shape index (κ1) is 18.0. The van der Waals surface area contributed by atoms with Gasteiger partial charge >= 0.3 is 0 Å². The lowest BCUT2D eigenvalue weighted by Crippen LogP contribution is -1.92. The third-order valence-corrected chi connectivity index (χ3v) is 6.19. The summed E-state index contributed by atoms with van der Waals surface area (Å²) in [6, 6.07) is 35.3. The van der Waals surface area contributed by atoms with Crippen LogP contribution in [0.15, 0.2) is 109 Å². The van der Waals surface area contributed by atoms with Crippen LogP contribution in [-0.4, -0.2) is 19.4 Å². The molecule has 4 heterocycles. The summed E-state index contributed by atoms with van der Waals surface area (Å²) in [6.45, 7) is 0. The van der Waals surface area contributed by atoms with Gasteiger partial charge in [-0.2, -0.15) is 0 Å². The molecule has 7 aromatic rings. The number of rotatable bonds is 2. The Bertz CT molecular complexity index is 1830. The van der Waals surface area contributed by atoms with Crippen LogP contribution in [0.2, 0.25) is 0 Å². The van der Waals surface area contributed by atoms with Crippen LogP contribution in [0.4, 0.5) is 0 Å². The maximum atomic E-state index is 5.13. The van der Waals surface area contributed by atoms with Crippen LogP contribution in [0.5, 0.6) is 0 Å². The van der Waals surface area contributed by atoms with E-state index in [2.05, 4.69) is 77.2 Å². The summed E-state index contributed by atoms with van der Waals surface area (Å²) in [5.74, 6) is 0. The largest absolute Gasteiger partial charge is 0.284 e. The van der Waals surface area contributed by atoms with Gasteiger partial charge in [-0.1, -0.05) is 72.8 Å². The molecular formula is C29H18N4. The molecule has 0 bridgehead atoms. The van der Waals surface area contributed by atoms with E-state index >= 15 is 0 Å². The van der Waals surface area contributed by atoms with Crippen molar-refractivity contribution in [3.05, 3.63) is 109 Å². The monoisotopic (exact) mass is 422 g/mol. The van der Waals surface area contributed by atoms with Gasteiger partial charge in [-0.15, -0.1) is 0 Å². The van der Waals surface area contributed by atoms with E-state index in [-0.39, 0.29) is 0 Å². The molecule has 0 unspecified atom stereocenters. The fourth-order valence-corrected chi connectivity index (χ4v) is 4.61. The highest BCUT2D eigenvalue weighted by atomic mass is 15.1. The van der Waals surface area contributed by atoms with Crippen LogP contribution in [-0.2, 0) is 0 Å². The maximum Gasteiger partial charge on any atom is 0.165 e. The van der Waals surface area contributed by atoms with E-state index in [0.29, 0.717) is 0 Å². The lowest BCUT2D eigenvalue weighted by Gasteiger charge is -2.10. The fraction of sp³-hybridized carbons (Fsp3) is 0. The quantitative estimate of drug-likeness (QED) is 0.304. The number of nitrogens with zero attached hydrogens (tertiary/aromatic N) is 4. The molecule has 0 saturated heterocycles. The topological polar surface area (TPSA) is 43.1 Å². The zero-order valence-electron chi connectivity index (χ0n) is 17.7. The first-order chi connectivity index (χ1) is 16.3. The summed E-state index contributed by atoms with van der Waals surface area (Å²) in [5.41, 5.74) is 7.73. The van der Waals surface area contributed by atoms with Crippen LogP contribution < -0.4 is 0 Å². The lowest BCUT2D eigenvalue weighted by atomic mass is 10.00. The van der Waals surface area contributed by atoms with Gasteiger partial charge in [0.05, 0.1) is 16.9 Å². The number of benzene rings is 3. The number of fused-ring (bicyclic) bond motifs is 6. The second-order valence-electron chi connectivity index (χ2n) is 8.19. The molecule has 0 amide bonds. The van der Waals surface area contributed by atoms with Crippen molar-refractivity contribution in [3.8, 4) is 22.5 Å². The van der Waals surface area contributed by atoms with Crippen molar-refractivity contribution in [2.45, 2.75) is 0 Å². The molecule has 0 aliphatic rings. The predicted octanol–water partition coefficient (Wildman–Crippen LogP) is 6.92. The van der Waals surface area contributed by atoms with Gasteiger partial charge in [0, 0.05) is 33.5 Å². The number of hydrogen-bond acceptors (Lipinski definition) is 3. The van der Waals surface area contributed by atoms with Crippen molar-refractivity contribution >= 4 is 38.5 Å². The highest BCUT2D eigenvalue weighted by Crippen LogP contribution is 2.34. The Balaban J connectivity index is 1.48. The molecule has 33 heavy (non-hydrogen) atoms. The van der Waals surface area contributed by atoms with Crippen LogP contribution >= 0.6 is 0 Å².